The lowest BCUT2D eigenvalue weighted by Crippen LogP contribution is -2.05. The van der Waals surface area contributed by atoms with Crippen LogP contribution in [0.3, 0.4) is 0 Å². The second-order valence-electron chi connectivity index (χ2n) is 4.96. The Morgan fingerprint density at radius 2 is 2.00 bits per heavy atom. The Bertz CT molecular complexity index is 898. The minimum Gasteiger partial charge on any atom is -0.465 e. The number of rotatable bonds is 3. The number of hydrogen-bond donors (Lipinski definition) is 1. The van der Waals surface area contributed by atoms with E-state index in [1.54, 1.807) is 42.5 Å². The first-order valence-electron chi connectivity index (χ1n) is 6.94. The maximum absolute atomic E-state index is 11.6. The van der Waals surface area contributed by atoms with Gasteiger partial charge in [0.2, 0.25) is 11.8 Å². The standard InChI is InChI=1S/C17H14N2O4/c1-10(20)18-13-6-7-15-14(9-13)19-16(23-15)11-4-3-5-12(8-11)17(21)22-2/h3-9H,1-2H3,(H,18,20). The van der Waals surface area contributed by atoms with Gasteiger partial charge in [-0.25, -0.2) is 9.78 Å². The van der Waals surface area contributed by atoms with Crippen molar-refractivity contribution < 1.29 is 18.7 Å². The fourth-order valence-corrected chi connectivity index (χ4v) is 2.23. The number of amides is 1. The van der Waals surface area contributed by atoms with Gasteiger partial charge < -0.3 is 14.5 Å². The van der Waals surface area contributed by atoms with Gasteiger partial charge in [0.25, 0.3) is 0 Å². The zero-order valence-electron chi connectivity index (χ0n) is 12.6. The van der Waals surface area contributed by atoms with E-state index in [0.717, 1.165) is 0 Å². The van der Waals surface area contributed by atoms with Gasteiger partial charge in [0.15, 0.2) is 5.58 Å². The first-order chi connectivity index (χ1) is 11.1. The van der Waals surface area contributed by atoms with Crippen LogP contribution in [0.4, 0.5) is 5.69 Å². The molecule has 0 aliphatic heterocycles. The third kappa shape index (κ3) is 3.06. The highest BCUT2D eigenvalue weighted by molar-refractivity contribution is 5.92. The van der Waals surface area contributed by atoms with Crippen molar-refractivity contribution in [2.75, 3.05) is 12.4 Å². The number of nitrogens with one attached hydrogen (secondary N) is 1. The molecule has 0 spiro atoms. The number of anilines is 1. The molecule has 3 aromatic rings. The predicted molar refractivity (Wildman–Crippen MR) is 85.1 cm³/mol. The van der Waals surface area contributed by atoms with E-state index in [1.165, 1.54) is 14.0 Å². The van der Waals surface area contributed by atoms with E-state index in [0.29, 0.717) is 33.8 Å². The fraction of sp³-hybridized carbons (Fsp3) is 0.118. The summed E-state index contributed by atoms with van der Waals surface area (Å²) in [4.78, 5) is 27.1. The molecule has 1 N–H and O–H groups in total. The molecule has 0 saturated carbocycles. The lowest BCUT2D eigenvalue weighted by molar-refractivity contribution is -0.114. The topological polar surface area (TPSA) is 81.4 Å². The van der Waals surface area contributed by atoms with Crippen molar-refractivity contribution in [1.82, 2.24) is 4.98 Å². The number of ether oxygens (including phenoxy) is 1. The Balaban J connectivity index is 2.00. The summed E-state index contributed by atoms with van der Waals surface area (Å²) in [5.41, 5.74) is 2.96. The van der Waals surface area contributed by atoms with Gasteiger partial charge in [0.1, 0.15) is 5.52 Å². The zero-order chi connectivity index (χ0) is 16.4. The molecule has 1 amide bonds. The fourth-order valence-electron chi connectivity index (χ4n) is 2.23. The molecule has 116 valence electrons. The summed E-state index contributed by atoms with van der Waals surface area (Å²) in [6.45, 7) is 1.44. The van der Waals surface area contributed by atoms with Crippen molar-refractivity contribution in [3.8, 4) is 11.5 Å². The van der Waals surface area contributed by atoms with E-state index in [4.69, 9.17) is 9.15 Å². The minimum absolute atomic E-state index is 0.154. The van der Waals surface area contributed by atoms with Gasteiger partial charge >= 0.3 is 5.97 Å². The Kier molecular flexibility index (Phi) is 3.80. The molecule has 1 aromatic heterocycles. The molecule has 23 heavy (non-hydrogen) atoms. The average molecular weight is 310 g/mol. The number of methoxy groups -OCH3 is 1. The first-order valence-corrected chi connectivity index (χ1v) is 6.94. The van der Waals surface area contributed by atoms with Gasteiger partial charge in [0, 0.05) is 18.2 Å². The summed E-state index contributed by atoms with van der Waals surface area (Å²) >= 11 is 0. The minimum atomic E-state index is -0.420. The number of oxazole rings is 1. The van der Waals surface area contributed by atoms with E-state index in [-0.39, 0.29) is 5.91 Å². The lowest BCUT2D eigenvalue weighted by Gasteiger charge is -2.00. The molecule has 6 heteroatoms. The highest BCUT2D eigenvalue weighted by atomic mass is 16.5. The van der Waals surface area contributed by atoms with E-state index in [2.05, 4.69) is 10.3 Å². The van der Waals surface area contributed by atoms with Crippen LogP contribution in [-0.2, 0) is 9.53 Å². The van der Waals surface area contributed by atoms with Crippen LogP contribution < -0.4 is 5.32 Å². The van der Waals surface area contributed by atoms with Gasteiger partial charge in [0.05, 0.1) is 12.7 Å². The van der Waals surface area contributed by atoms with E-state index in [9.17, 15) is 9.59 Å². The molecule has 0 atom stereocenters. The number of nitrogens with zero attached hydrogens (tertiary/aromatic N) is 1. The van der Waals surface area contributed by atoms with Crippen LogP contribution in [0.25, 0.3) is 22.6 Å². The molecule has 2 aromatic carbocycles. The van der Waals surface area contributed by atoms with Gasteiger partial charge in [-0.1, -0.05) is 6.07 Å². The van der Waals surface area contributed by atoms with Crippen LogP contribution in [0, 0.1) is 0 Å². The Labute approximate surface area is 132 Å². The number of benzene rings is 2. The Hall–Kier alpha value is -3.15. The van der Waals surface area contributed by atoms with Crippen LogP contribution in [0.15, 0.2) is 46.9 Å². The number of hydrogen-bond acceptors (Lipinski definition) is 5. The maximum Gasteiger partial charge on any atom is 0.337 e. The molecule has 0 fully saturated rings. The third-order valence-corrected chi connectivity index (χ3v) is 3.24. The summed E-state index contributed by atoms with van der Waals surface area (Å²) in [6.07, 6.45) is 0. The van der Waals surface area contributed by atoms with Crippen LogP contribution in [0.2, 0.25) is 0 Å². The number of carbonyl (C=O) groups excluding carboxylic acids is 2. The summed E-state index contributed by atoms with van der Waals surface area (Å²) in [5, 5.41) is 2.70. The first kappa shape index (κ1) is 14.8. The molecule has 0 aliphatic carbocycles. The van der Waals surface area contributed by atoms with Crippen molar-refractivity contribution in [3.05, 3.63) is 48.0 Å². The maximum atomic E-state index is 11.6. The summed E-state index contributed by atoms with van der Waals surface area (Å²) < 4.78 is 10.4. The molecule has 0 bridgehead atoms. The quantitative estimate of drug-likeness (QED) is 0.751. The molecule has 1 heterocycles. The highest BCUT2D eigenvalue weighted by Crippen LogP contribution is 2.26. The van der Waals surface area contributed by atoms with Crippen molar-refractivity contribution in [2.45, 2.75) is 6.92 Å². The van der Waals surface area contributed by atoms with Crippen molar-refractivity contribution in [1.29, 1.82) is 0 Å². The number of fused-ring (bicyclic) bond motifs is 1. The summed E-state index contributed by atoms with van der Waals surface area (Å²) in [6, 6.07) is 12.1. The monoisotopic (exact) mass is 310 g/mol. The molecule has 0 radical (unpaired) electrons. The predicted octanol–water partition coefficient (Wildman–Crippen LogP) is 3.24. The second-order valence-corrected chi connectivity index (χ2v) is 4.96. The van der Waals surface area contributed by atoms with Gasteiger partial charge in [-0.05, 0) is 36.4 Å². The number of aromatic nitrogens is 1. The molecule has 3 rings (SSSR count). The van der Waals surface area contributed by atoms with Crippen LogP contribution in [0.5, 0.6) is 0 Å². The summed E-state index contributed by atoms with van der Waals surface area (Å²) in [7, 11) is 1.33. The normalized spacial score (nSPS) is 10.5. The summed E-state index contributed by atoms with van der Waals surface area (Å²) in [5.74, 6) is -0.180. The number of esters is 1. The molecule has 0 aliphatic rings. The van der Waals surface area contributed by atoms with Gasteiger partial charge in [-0.2, -0.15) is 0 Å². The lowest BCUT2D eigenvalue weighted by atomic mass is 10.1. The third-order valence-electron chi connectivity index (χ3n) is 3.24. The molecule has 6 nitrogen and oxygen atoms in total. The highest BCUT2D eigenvalue weighted by Gasteiger charge is 2.12. The van der Waals surface area contributed by atoms with E-state index in [1.807, 2.05) is 0 Å². The second kappa shape index (κ2) is 5.92. The molecule has 0 unspecified atom stereocenters. The van der Waals surface area contributed by atoms with E-state index < -0.39 is 5.97 Å². The Morgan fingerprint density at radius 3 is 2.74 bits per heavy atom. The van der Waals surface area contributed by atoms with Crippen LogP contribution in [0.1, 0.15) is 17.3 Å². The smallest absolute Gasteiger partial charge is 0.337 e. The molecular weight excluding hydrogens is 296 g/mol. The largest absolute Gasteiger partial charge is 0.465 e. The van der Waals surface area contributed by atoms with Crippen molar-refractivity contribution >= 4 is 28.7 Å². The molecular formula is C17H14N2O4. The van der Waals surface area contributed by atoms with Crippen LogP contribution >= 0.6 is 0 Å². The number of carbonyl (C=O) groups is 2. The Morgan fingerprint density at radius 1 is 1.17 bits per heavy atom. The van der Waals surface area contributed by atoms with Gasteiger partial charge in [-0.3, -0.25) is 4.79 Å². The van der Waals surface area contributed by atoms with Crippen molar-refractivity contribution in [2.24, 2.45) is 0 Å². The average Bonchev–Trinajstić information content (AvgIpc) is 2.97. The van der Waals surface area contributed by atoms with Gasteiger partial charge in [-0.15, -0.1) is 0 Å². The SMILES string of the molecule is COC(=O)c1cccc(-c2nc3cc(NC(C)=O)ccc3o2)c1. The zero-order valence-corrected chi connectivity index (χ0v) is 12.6. The van der Waals surface area contributed by atoms with Crippen molar-refractivity contribution in [3.63, 3.8) is 0 Å². The van der Waals surface area contributed by atoms with Crippen LogP contribution in [-0.4, -0.2) is 24.0 Å². The molecule has 0 saturated heterocycles. The van der Waals surface area contributed by atoms with E-state index >= 15 is 0 Å².